The first kappa shape index (κ1) is 13.1. The summed E-state index contributed by atoms with van der Waals surface area (Å²) in [5, 5.41) is 15.0. The third kappa shape index (κ3) is 2.59. The van der Waals surface area contributed by atoms with E-state index in [4.69, 9.17) is 0 Å². The van der Waals surface area contributed by atoms with Crippen molar-refractivity contribution >= 4 is 5.69 Å². The lowest BCUT2D eigenvalue weighted by molar-refractivity contribution is -0.385. The van der Waals surface area contributed by atoms with Crippen LogP contribution in [-0.2, 0) is 12.8 Å². The number of nitro groups is 1. The fourth-order valence-electron chi connectivity index (χ4n) is 1.76. The van der Waals surface area contributed by atoms with E-state index in [1.807, 2.05) is 13.8 Å². The van der Waals surface area contributed by atoms with E-state index >= 15 is 0 Å². The number of non-ortho nitro benzene ring substituents is 1. The molecular formula is C12H13FN4O2. The van der Waals surface area contributed by atoms with Gasteiger partial charge in [0.2, 0.25) is 0 Å². The fourth-order valence-corrected chi connectivity index (χ4v) is 1.76. The van der Waals surface area contributed by atoms with Gasteiger partial charge in [-0.1, -0.05) is 13.8 Å². The van der Waals surface area contributed by atoms with Gasteiger partial charge in [-0.2, -0.15) is 5.10 Å². The summed E-state index contributed by atoms with van der Waals surface area (Å²) >= 11 is 0. The SMILES string of the molecule is CCc1nc(CC)n(-c2cc(F)cc([N+](=O)[O-])c2)n1. The molecule has 0 unspecified atom stereocenters. The van der Waals surface area contributed by atoms with Gasteiger partial charge in [-0.3, -0.25) is 10.1 Å². The van der Waals surface area contributed by atoms with Gasteiger partial charge in [0.25, 0.3) is 5.69 Å². The minimum Gasteiger partial charge on any atom is -0.258 e. The quantitative estimate of drug-likeness (QED) is 0.628. The van der Waals surface area contributed by atoms with Crippen molar-refractivity contribution < 1.29 is 9.31 Å². The van der Waals surface area contributed by atoms with Crippen LogP contribution in [0.5, 0.6) is 0 Å². The van der Waals surface area contributed by atoms with Crippen LogP contribution in [0.4, 0.5) is 10.1 Å². The maximum atomic E-state index is 13.4. The minimum absolute atomic E-state index is 0.300. The molecule has 1 aromatic heterocycles. The Balaban J connectivity index is 2.57. The Labute approximate surface area is 109 Å². The second-order valence-corrected chi connectivity index (χ2v) is 3.99. The Kier molecular flexibility index (Phi) is 3.55. The first-order valence-corrected chi connectivity index (χ1v) is 5.95. The molecule has 100 valence electrons. The number of nitro benzene ring substituents is 1. The zero-order chi connectivity index (χ0) is 14.0. The Bertz CT molecular complexity index is 624. The summed E-state index contributed by atoms with van der Waals surface area (Å²) in [5.41, 5.74) is 0.0151. The van der Waals surface area contributed by atoms with Crippen LogP contribution in [0.3, 0.4) is 0 Å². The first-order chi connectivity index (χ1) is 9.05. The Morgan fingerprint density at radius 1 is 1.32 bits per heavy atom. The van der Waals surface area contributed by atoms with Gasteiger partial charge >= 0.3 is 0 Å². The van der Waals surface area contributed by atoms with E-state index in [2.05, 4.69) is 10.1 Å². The van der Waals surface area contributed by atoms with Crippen LogP contribution < -0.4 is 0 Å². The highest BCUT2D eigenvalue weighted by Gasteiger charge is 2.15. The van der Waals surface area contributed by atoms with Crippen LogP contribution in [0.25, 0.3) is 5.69 Å². The van der Waals surface area contributed by atoms with Crippen LogP contribution in [0, 0.1) is 15.9 Å². The third-order valence-corrected chi connectivity index (χ3v) is 2.67. The van der Waals surface area contributed by atoms with Crippen molar-refractivity contribution in [2.45, 2.75) is 26.7 Å². The highest BCUT2D eigenvalue weighted by Crippen LogP contribution is 2.20. The summed E-state index contributed by atoms with van der Waals surface area (Å²) in [4.78, 5) is 14.4. The zero-order valence-corrected chi connectivity index (χ0v) is 10.6. The molecule has 0 spiro atoms. The summed E-state index contributed by atoms with van der Waals surface area (Å²) in [6.45, 7) is 3.81. The molecule has 0 saturated heterocycles. The van der Waals surface area contributed by atoms with Gasteiger partial charge in [0.05, 0.1) is 16.7 Å². The van der Waals surface area contributed by atoms with Crippen molar-refractivity contribution in [2.24, 2.45) is 0 Å². The van der Waals surface area contributed by atoms with E-state index in [9.17, 15) is 14.5 Å². The average Bonchev–Trinajstić information content (AvgIpc) is 2.81. The molecule has 19 heavy (non-hydrogen) atoms. The molecule has 1 aromatic carbocycles. The number of hydrogen-bond acceptors (Lipinski definition) is 4. The summed E-state index contributed by atoms with van der Waals surface area (Å²) in [6, 6.07) is 3.38. The van der Waals surface area contributed by atoms with E-state index in [0.29, 0.717) is 30.2 Å². The van der Waals surface area contributed by atoms with Crippen LogP contribution in [0.15, 0.2) is 18.2 Å². The molecule has 0 saturated carbocycles. The highest BCUT2D eigenvalue weighted by atomic mass is 19.1. The number of rotatable bonds is 4. The topological polar surface area (TPSA) is 73.8 Å². The lowest BCUT2D eigenvalue weighted by Crippen LogP contribution is -2.03. The largest absolute Gasteiger partial charge is 0.274 e. The smallest absolute Gasteiger partial charge is 0.258 e. The normalized spacial score (nSPS) is 10.7. The molecule has 7 heteroatoms. The molecule has 0 amide bonds. The van der Waals surface area contributed by atoms with E-state index < -0.39 is 10.7 Å². The lowest BCUT2D eigenvalue weighted by Gasteiger charge is -2.04. The number of halogens is 1. The summed E-state index contributed by atoms with van der Waals surface area (Å²) in [7, 11) is 0. The monoisotopic (exact) mass is 264 g/mol. The summed E-state index contributed by atoms with van der Waals surface area (Å²) in [6.07, 6.45) is 1.26. The fraction of sp³-hybridized carbons (Fsp3) is 0.333. The van der Waals surface area contributed by atoms with Crippen molar-refractivity contribution in [1.29, 1.82) is 0 Å². The van der Waals surface area contributed by atoms with E-state index in [-0.39, 0.29) is 5.69 Å². The second-order valence-electron chi connectivity index (χ2n) is 3.99. The maximum Gasteiger partial charge on any atom is 0.274 e. The highest BCUT2D eigenvalue weighted by molar-refractivity contribution is 5.43. The van der Waals surface area contributed by atoms with E-state index in [0.717, 1.165) is 6.07 Å². The molecule has 0 aliphatic heterocycles. The van der Waals surface area contributed by atoms with Crippen molar-refractivity contribution in [3.8, 4) is 5.69 Å². The molecule has 0 aliphatic carbocycles. The van der Waals surface area contributed by atoms with Gasteiger partial charge in [-0.25, -0.2) is 14.1 Å². The predicted octanol–water partition coefficient (Wildman–Crippen LogP) is 2.44. The van der Waals surface area contributed by atoms with Gasteiger partial charge in [-0.05, 0) is 0 Å². The molecule has 0 atom stereocenters. The molecule has 2 aromatic rings. The molecule has 1 heterocycles. The van der Waals surface area contributed by atoms with Crippen molar-refractivity contribution in [3.63, 3.8) is 0 Å². The van der Waals surface area contributed by atoms with E-state index in [1.54, 1.807) is 0 Å². The van der Waals surface area contributed by atoms with Crippen molar-refractivity contribution in [1.82, 2.24) is 14.8 Å². The first-order valence-electron chi connectivity index (χ1n) is 5.95. The molecule has 0 radical (unpaired) electrons. The molecule has 0 bridgehead atoms. The van der Waals surface area contributed by atoms with Crippen LogP contribution in [-0.4, -0.2) is 19.7 Å². The lowest BCUT2D eigenvalue weighted by atomic mass is 10.2. The van der Waals surface area contributed by atoms with Gasteiger partial charge in [0.15, 0.2) is 5.82 Å². The third-order valence-electron chi connectivity index (χ3n) is 2.67. The summed E-state index contributed by atoms with van der Waals surface area (Å²) < 4.78 is 14.9. The molecule has 6 nitrogen and oxygen atoms in total. The van der Waals surface area contributed by atoms with Gasteiger partial charge in [0.1, 0.15) is 11.6 Å². The predicted molar refractivity (Wildman–Crippen MR) is 66.7 cm³/mol. The van der Waals surface area contributed by atoms with Gasteiger partial charge in [-0.15, -0.1) is 0 Å². The number of aryl methyl sites for hydroxylation is 2. The number of benzene rings is 1. The van der Waals surface area contributed by atoms with Crippen molar-refractivity contribution in [3.05, 3.63) is 45.8 Å². The molecule has 0 fully saturated rings. The number of hydrogen-bond donors (Lipinski definition) is 0. The van der Waals surface area contributed by atoms with Crippen LogP contribution in [0.2, 0.25) is 0 Å². The molecule has 2 rings (SSSR count). The number of aromatic nitrogens is 3. The average molecular weight is 264 g/mol. The van der Waals surface area contributed by atoms with Gasteiger partial charge in [0, 0.05) is 25.0 Å². The zero-order valence-electron chi connectivity index (χ0n) is 10.6. The van der Waals surface area contributed by atoms with E-state index in [1.165, 1.54) is 16.8 Å². The minimum atomic E-state index is -0.667. The van der Waals surface area contributed by atoms with Crippen LogP contribution >= 0.6 is 0 Å². The molecule has 0 N–H and O–H groups in total. The number of nitrogens with zero attached hydrogens (tertiary/aromatic N) is 4. The Morgan fingerprint density at radius 2 is 2.05 bits per heavy atom. The van der Waals surface area contributed by atoms with Crippen molar-refractivity contribution in [2.75, 3.05) is 0 Å². The molecule has 0 aliphatic rings. The Hall–Kier alpha value is -2.31. The second kappa shape index (κ2) is 5.13. The standard InChI is InChI=1S/C12H13FN4O2/c1-3-11-14-12(4-2)16(15-11)9-5-8(13)6-10(7-9)17(18)19/h5-7H,3-4H2,1-2H3. The maximum absolute atomic E-state index is 13.4. The molecular weight excluding hydrogens is 251 g/mol. The Morgan fingerprint density at radius 3 is 2.63 bits per heavy atom. The van der Waals surface area contributed by atoms with Crippen LogP contribution in [0.1, 0.15) is 25.5 Å². The summed E-state index contributed by atoms with van der Waals surface area (Å²) in [5.74, 6) is 0.611. The van der Waals surface area contributed by atoms with Gasteiger partial charge < -0.3 is 0 Å².